The number of nitrogens with one attached hydrogen (secondary N) is 1. The third kappa shape index (κ3) is 3.74. The zero-order chi connectivity index (χ0) is 12.8. The van der Waals surface area contributed by atoms with Crippen LogP contribution in [0.4, 0.5) is 0 Å². The SMILES string of the molecule is CCOc1ccc(C(C)NCC2CCCC2)cc1. The molecule has 0 radical (unpaired) electrons. The van der Waals surface area contributed by atoms with Gasteiger partial charge >= 0.3 is 0 Å². The summed E-state index contributed by atoms with van der Waals surface area (Å²) in [6, 6.07) is 8.88. The van der Waals surface area contributed by atoms with Crippen molar-refractivity contribution in [3.63, 3.8) is 0 Å². The van der Waals surface area contributed by atoms with Crippen LogP contribution in [0.15, 0.2) is 24.3 Å². The molecule has 0 heterocycles. The largest absolute Gasteiger partial charge is 0.494 e. The molecular formula is C16H25NO. The van der Waals surface area contributed by atoms with Gasteiger partial charge in [-0.2, -0.15) is 0 Å². The maximum absolute atomic E-state index is 5.46. The molecule has 1 aliphatic carbocycles. The fourth-order valence-corrected chi connectivity index (χ4v) is 2.70. The Balaban J connectivity index is 1.81. The molecule has 18 heavy (non-hydrogen) atoms. The lowest BCUT2D eigenvalue weighted by atomic mass is 10.1. The van der Waals surface area contributed by atoms with E-state index in [9.17, 15) is 0 Å². The molecule has 2 nitrogen and oxygen atoms in total. The summed E-state index contributed by atoms with van der Waals surface area (Å²) < 4.78 is 5.46. The van der Waals surface area contributed by atoms with E-state index in [2.05, 4.69) is 36.5 Å². The molecule has 0 aromatic heterocycles. The minimum atomic E-state index is 0.432. The maximum Gasteiger partial charge on any atom is 0.119 e. The van der Waals surface area contributed by atoms with Gasteiger partial charge in [-0.15, -0.1) is 0 Å². The fourth-order valence-electron chi connectivity index (χ4n) is 2.70. The topological polar surface area (TPSA) is 21.3 Å². The molecule has 0 bridgehead atoms. The first-order valence-electron chi connectivity index (χ1n) is 7.25. The van der Waals surface area contributed by atoms with Crippen LogP contribution in [0.1, 0.15) is 51.1 Å². The van der Waals surface area contributed by atoms with Crippen LogP contribution >= 0.6 is 0 Å². The van der Waals surface area contributed by atoms with Crippen LogP contribution in [-0.4, -0.2) is 13.2 Å². The highest BCUT2D eigenvalue weighted by Crippen LogP contribution is 2.25. The summed E-state index contributed by atoms with van der Waals surface area (Å²) in [5.74, 6) is 1.86. The molecule has 0 saturated heterocycles. The Morgan fingerprint density at radius 3 is 2.50 bits per heavy atom. The van der Waals surface area contributed by atoms with Crippen LogP contribution < -0.4 is 10.1 Å². The molecule has 0 aliphatic heterocycles. The molecule has 1 atom stereocenters. The summed E-state index contributed by atoms with van der Waals surface area (Å²) in [6.45, 7) is 6.15. The summed E-state index contributed by atoms with van der Waals surface area (Å²) in [5, 5.41) is 3.65. The number of rotatable bonds is 6. The first-order valence-corrected chi connectivity index (χ1v) is 7.25. The Labute approximate surface area is 111 Å². The molecule has 2 heteroatoms. The molecule has 2 rings (SSSR count). The minimum Gasteiger partial charge on any atom is -0.494 e. The van der Waals surface area contributed by atoms with E-state index in [0.29, 0.717) is 6.04 Å². The van der Waals surface area contributed by atoms with E-state index in [1.807, 2.05) is 6.92 Å². The van der Waals surface area contributed by atoms with Crippen LogP contribution in [0.25, 0.3) is 0 Å². The van der Waals surface area contributed by atoms with Gasteiger partial charge < -0.3 is 10.1 Å². The van der Waals surface area contributed by atoms with Crippen molar-refractivity contribution in [3.8, 4) is 5.75 Å². The predicted octanol–water partition coefficient (Wildman–Crippen LogP) is 3.93. The smallest absolute Gasteiger partial charge is 0.119 e. The van der Waals surface area contributed by atoms with Gasteiger partial charge in [-0.05, 0) is 56.8 Å². The molecule has 1 unspecified atom stereocenters. The van der Waals surface area contributed by atoms with Crippen molar-refractivity contribution in [2.75, 3.05) is 13.2 Å². The van der Waals surface area contributed by atoms with E-state index >= 15 is 0 Å². The minimum absolute atomic E-state index is 0.432. The van der Waals surface area contributed by atoms with Gasteiger partial charge in [0.25, 0.3) is 0 Å². The van der Waals surface area contributed by atoms with E-state index in [-0.39, 0.29) is 0 Å². The molecule has 0 spiro atoms. The van der Waals surface area contributed by atoms with Crippen molar-refractivity contribution in [2.45, 2.75) is 45.6 Å². The quantitative estimate of drug-likeness (QED) is 0.822. The van der Waals surface area contributed by atoms with Gasteiger partial charge in [0.2, 0.25) is 0 Å². The second-order valence-corrected chi connectivity index (χ2v) is 5.28. The third-order valence-electron chi connectivity index (χ3n) is 3.88. The highest BCUT2D eigenvalue weighted by Gasteiger charge is 2.15. The van der Waals surface area contributed by atoms with Gasteiger partial charge in [0.05, 0.1) is 6.61 Å². The van der Waals surface area contributed by atoms with Crippen LogP contribution in [0.2, 0.25) is 0 Å². The summed E-state index contributed by atoms with van der Waals surface area (Å²) in [4.78, 5) is 0. The first-order chi connectivity index (χ1) is 8.79. The standard InChI is InChI=1S/C16H25NO/c1-3-18-16-10-8-15(9-11-16)13(2)17-12-14-6-4-5-7-14/h8-11,13-14,17H,3-7,12H2,1-2H3. The number of hydrogen-bond donors (Lipinski definition) is 1. The molecule has 1 N–H and O–H groups in total. The first kappa shape index (κ1) is 13.4. The third-order valence-corrected chi connectivity index (χ3v) is 3.88. The molecule has 1 saturated carbocycles. The molecule has 100 valence electrons. The Bertz CT molecular complexity index is 341. The van der Waals surface area contributed by atoms with Crippen molar-refractivity contribution < 1.29 is 4.74 Å². The summed E-state index contributed by atoms with van der Waals surface area (Å²) in [7, 11) is 0. The van der Waals surface area contributed by atoms with Crippen LogP contribution in [-0.2, 0) is 0 Å². The van der Waals surface area contributed by atoms with E-state index in [1.165, 1.54) is 31.2 Å². The highest BCUT2D eigenvalue weighted by atomic mass is 16.5. The van der Waals surface area contributed by atoms with Gasteiger partial charge in [0.15, 0.2) is 0 Å². The van der Waals surface area contributed by atoms with Gasteiger partial charge in [-0.25, -0.2) is 0 Å². The Morgan fingerprint density at radius 2 is 1.89 bits per heavy atom. The maximum atomic E-state index is 5.46. The fraction of sp³-hybridized carbons (Fsp3) is 0.625. The van der Waals surface area contributed by atoms with Gasteiger partial charge in [0, 0.05) is 6.04 Å². The lowest BCUT2D eigenvalue weighted by Gasteiger charge is -2.17. The predicted molar refractivity (Wildman–Crippen MR) is 76.0 cm³/mol. The molecule has 1 aromatic carbocycles. The summed E-state index contributed by atoms with van der Waals surface area (Å²) >= 11 is 0. The zero-order valence-corrected chi connectivity index (χ0v) is 11.6. The van der Waals surface area contributed by atoms with Crippen LogP contribution in [0.5, 0.6) is 5.75 Å². The van der Waals surface area contributed by atoms with E-state index in [0.717, 1.165) is 24.8 Å². The molecule has 1 aromatic rings. The molecular weight excluding hydrogens is 222 g/mol. The van der Waals surface area contributed by atoms with Crippen molar-refractivity contribution in [1.82, 2.24) is 5.32 Å². The van der Waals surface area contributed by atoms with Crippen molar-refractivity contribution in [2.24, 2.45) is 5.92 Å². The lowest BCUT2D eigenvalue weighted by molar-refractivity contribution is 0.340. The second kappa shape index (κ2) is 6.79. The molecule has 0 amide bonds. The Hall–Kier alpha value is -1.02. The second-order valence-electron chi connectivity index (χ2n) is 5.28. The normalized spacial score (nSPS) is 17.9. The highest BCUT2D eigenvalue weighted by molar-refractivity contribution is 5.28. The van der Waals surface area contributed by atoms with E-state index in [4.69, 9.17) is 4.74 Å². The van der Waals surface area contributed by atoms with E-state index in [1.54, 1.807) is 0 Å². The summed E-state index contributed by atoms with van der Waals surface area (Å²) in [6.07, 6.45) is 5.65. The average molecular weight is 247 g/mol. The van der Waals surface area contributed by atoms with Crippen LogP contribution in [0.3, 0.4) is 0 Å². The number of hydrogen-bond acceptors (Lipinski definition) is 2. The van der Waals surface area contributed by atoms with Gasteiger partial charge in [-0.1, -0.05) is 25.0 Å². The van der Waals surface area contributed by atoms with Crippen molar-refractivity contribution >= 4 is 0 Å². The molecule has 1 fully saturated rings. The van der Waals surface area contributed by atoms with Crippen molar-refractivity contribution in [3.05, 3.63) is 29.8 Å². The van der Waals surface area contributed by atoms with Gasteiger partial charge in [0.1, 0.15) is 5.75 Å². The monoisotopic (exact) mass is 247 g/mol. The van der Waals surface area contributed by atoms with E-state index < -0.39 is 0 Å². The average Bonchev–Trinajstić information content (AvgIpc) is 2.90. The summed E-state index contributed by atoms with van der Waals surface area (Å²) in [5.41, 5.74) is 1.34. The number of benzene rings is 1. The Morgan fingerprint density at radius 1 is 1.22 bits per heavy atom. The van der Waals surface area contributed by atoms with Gasteiger partial charge in [-0.3, -0.25) is 0 Å². The number of ether oxygens (including phenoxy) is 1. The van der Waals surface area contributed by atoms with Crippen LogP contribution in [0, 0.1) is 5.92 Å². The molecule has 1 aliphatic rings. The lowest BCUT2D eigenvalue weighted by Crippen LogP contribution is -2.24. The zero-order valence-electron chi connectivity index (χ0n) is 11.6. The van der Waals surface area contributed by atoms with Crippen molar-refractivity contribution in [1.29, 1.82) is 0 Å². The Kier molecular flexibility index (Phi) is 5.06.